The van der Waals surface area contributed by atoms with Crippen LogP contribution in [0.3, 0.4) is 0 Å². The number of aryl methyl sites for hydroxylation is 1. The number of carbonyl (C=O) groups is 1. The highest BCUT2D eigenvalue weighted by molar-refractivity contribution is 5.99. The lowest BCUT2D eigenvalue weighted by molar-refractivity contribution is -0.125. The summed E-state index contributed by atoms with van der Waals surface area (Å²) in [7, 11) is 0. The monoisotopic (exact) mass is 309 g/mol. The summed E-state index contributed by atoms with van der Waals surface area (Å²) in [6, 6.07) is 16.2. The van der Waals surface area contributed by atoms with E-state index in [9.17, 15) is 4.79 Å². The zero-order valence-corrected chi connectivity index (χ0v) is 14.0. The molecule has 1 heterocycles. The van der Waals surface area contributed by atoms with Crippen LogP contribution in [0.4, 0.5) is 5.69 Å². The van der Waals surface area contributed by atoms with Gasteiger partial charge in [0, 0.05) is 11.7 Å². The summed E-state index contributed by atoms with van der Waals surface area (Å²) >= 11 is 0. The highest BCUT2D eigenvalue weighted by Crippen LogP contribution is 2.33. The number of carbonyl (C=O) groups excluding carboxylic acids is 1. The van der Waals surface area contributed by atoms with E-state index in [1.165, 1.54) is 5.56 Å². The number of amides is 1. The van der Waals surface area contributed by atoms with Gasteiger partial charge in [0.1, 0.15) is 5.75 Å². The van der Waals surface area contributed by atoms with E-state index in [1.54, 1.807) is 0 Å². The molecule has 0 fully saturated rings. The molecular formula is C20H23NO2. The van der Waals surface area contributed by atoms with Crippen LogP contribution in [0.5, 0.6) is 5.75 Å². The van der Waals surface area contributed by atoms with Gasteiger partial charge in [-0.3, -0.25) is 4.79 Å². The maximum absolute atomic E-state index is 13.1. The molecular weight excluding hydrogens is 286 g/mol. The van der Waals surface area contributed by atoms with E-state index < -0.39 is 6.10 Å². The van der Waals surface area contributed by atoms with E-state index >= 15 is 0 Å². The molecule has 1 aliphatic rings. The Hall–Kier alpha value is -2.29. The Kier molecular flexibility index (Phi) is 4.37. The standard InChI is InChI=1S/C20H23NO2/c1-4-18(23-19-12-8-5-9-14(19)2)20(22)21-15(3)13-16-10-6-7-11-17(16)21/h5-12,15,18H,4,13H2,1-3H3/t15-,18+/m0/s1. The molecule has 0 aliphatic carbocycles. The van der Waals surface area contributed by atoms with E-state index in [0.717, 1.165) is 23.4 Å². The van der Waals surface area contributed by atoms with Crippen molar-refractivity contribution in [1.82, 2.24) is 0 Å². The first-order chi connectivity index (χ1) is 11.1. The Morgan fingerprint density at radius 3 is 2.65 bits per heavy atom. The van der Waals surface area contributed by atoms with Gasteiger partial charge in [-0.15, -0.1) is 0 Å². The number of ether oxygens (including phenoxy) is 1. The van der Waals surface area contributed by atoms with E-state index in [0.29, 0.717) is 6.42 Å². The van der Waals surface area contributed by atoms with Crippen LogP contribution in [0.25, 0.3) is 0 Å². The van der Waals surface area contributed by atoms with Crippen molar-refractivity contribution in [2.75, 3.05) is 4.90 Å². The van der Waals surface area contributed by atoms with Crippen LogP contribution in [0, 0.1) is 6.92 Å². The fourth-order valence-corrected chi connectivity index (χ4v) is 3.21. The molecule has 1 amide bonds. The van der Waals surface area contributed by atoms with Gasteiger partial charge in [0.15, 0.2) is 6.10 Å². The maximum atomic E-state index is 13.1. The quantitative estimate of drug-likeness (QED) is 0.850. The van der Waals surface area contributed by atoms with Crippen LogP contribution < -0.4 is 9.64 Å². The van der Waals surface area contributed by atoms with Crippen molar-refractivity contribution in [3.05, 3.63) is 59.7 Å². The molecule has 0 saturated carbocycles. The summed E-state index contributed by atoms with van der Waals surface area (Å²) in [5, 5.41) is 0. The van der Waals surface area contributed by atoms with Gasteiger partial charge in [-0.05, 0) is 49.9 Å². The molecule has 3 heteroatoms. The van der Waals surface area contributed by atoms with Crippen LogP contribution in [0.15, 0.2) is 48.5 Å². The Morgan fingerprint density at radius 2 is 1.91 bits per heavy atom. The van der Waals surface area contributed by atoms with Gasteiger partial charge in [0.25, 0.3) is 5.91 Å². The lowest BCUT2D eigenvalue weighted by atomic mass is 10.1. The maximum Gasteiger partial charge on any atom is 0.268 e. The molecule has 0 radical (unpaired) electrons. The first-order valence-electron chi connectivity index (χ1n) is 8.25. The second kappa shape index (κ2) is 6.45. The molecule has 0 aromatic heterocycles. The van der Waals surface area contributed by atoms with Gasteiger partial charge in [-0.1, -0.05) is 43.3 Å². The predicted molar refractivity (Wildman–Crippen MR) is 93.0 cm³/mol. The third-order valence-corrected chi connectivity index (χ3v) is 4.45. The molecule has 1 aliphatic heterocycles. The fourth-order valence-electron chi connectivity index (χ4n) is 3.21. The number of hydrogen-bond acceptors (Lipinski definition) is 2. The third kappa shape index (κ3) is 2.96. The normalized spacial score (nSPS) is 17.7. The molecule has 3 rings (SSSR count). The minimum Gasteiger partial charge on any atom is -0.480 e. The second-order valence-electron chi connectivity index (χ2n) is 6.17. The summed E-state index contributed by atoms with van der Waals surface area (Å²) < 4.78 is 6.04. The second-order valence-corrected chi connectivity index (χ2v) is 6.17. The average molecular weight is 309 g/mol. The first kappa shape index (κ1) is 15.6. The smallest absolute Gasteiger partial charge is 0.268 e. The third-order valence-electron chi connectivity index (χ3n) is 4.45. The van der Waals surface area contributed by atoms with E-state index in [2.05, 4.69) is 13.0 Å². The van der Waals surface area contributed by atoms with E-state index in [4.69, 9.17) is 4.74 Å². The summed E-state index contributed by atoms with van der Waals surface area (Å²) in [5.41, 5.74) is 3.31. The van der Waals surface area contributed by atoms with Crippen molar-refractivity contribution in [2.45, 2.75) is 45.8 Å². The van der Waals surface area contributed by atoms with Crippen LogP contribution in [-0.2, 0) is 11.2 Å². The van der Waals surface area contributed by atoms with Crippen molar-refractivity contribution in [1.29, 1.82) is 0 Å². The highest BCUT2D eigenvalue weighted by Gasteiger charge is 2.35. The molecule has 2 aromatic carbocycles. The Labute approximate surface area is 137 Å². The molecule has 0 saturated heterocycles. The Balaban J connectivity index is 1.85. The summed E-state index contributed by atoms with van der Waals surface area (Å²) in [6.45, 7) is 6.09. The van der Waals surface area contributed by atoms with Crippen LogP contribution >= 0.6 is 0 Å². The Morgan fingerprint density at radius 1 is 1.22 bits per heavy atom. The lowest BCUT2D eigenvalue weighted by Gasteiger charge is -2.28. The molecule has 0 bridgehead atoms. The van der Waals surface area contributed by atoms with Crippen LogP contribution in [0.2, 0.25) is 0 Å². The molecule has 2 aromatic rings. The van der Waals surface area contributed by atoms with Crippen molar-refractivity contribution in [3.8, 4) is 5.75 Å². The number of hydrogen-bond donors (Lipinski definition) is 0. The highest BCUT2D eigenvalue weighted by atomic mass is 16.5. The molecule has 0 spiro atoms. The average Bonchev–Trinajstić information content (AvgIpc) is 2.89. The van der Waals surface area contributed by atoms with Gasteiger partial charge in [-0.25, -0.2) is 0 Å². The molecule has 3 nitrogen and oxygen atoms in total. The lowest BCUT2D eigenvalue weighted by Crippen LogP contribution is -2.44. The van der Waals surface area contributed by atoms with Gasteiger partial charge in [0.05, 0.1) is 0 Å². The van der Waals surface area contributed by atoms with Gasteiger partial charge < -0.3 is 9.64 Å². The van der Waals surface area contributed by atoms with Gasteiger partial charge >= 0.3 is 0 Å². The SMILES string of the molecule is CC[C@@H](Oc1ccccc1C)C(=O)N1c2ccccc2C[C@@H]1C. The topological polar surface area (TPSA) is 29.5 Å². The molecule has 2 atom stereocenters. The summed E-state index contributed by atoms with van der Waals surface area (Å²) in [6.07, 6.45) is 1.10. The molecule has 0 N–H and O–H groups in total. The predicted octanol–water partition coefficient (Wildman–Crippen LogP) is 4.13. The van der Waals surface area contributed by atoms with E-state index in [1.807, 2.05) is 61.2 Å². The minimum absolute atomic E-state index is 0.0493. The number of rotatable bonds is 4. The first-order valence-corrected chi connectivity index (χ1v) is 8.25. The van der Waals surface area contributed by atoms with Crippen molar-refractivity contribution >= 4 is 11.6 Å². The van der Waals surface area contributed by atoms with E-state index in [-0.39, 0.29) is 11.9 Å². The molecule has 0 unspecified atom stereocenters. The van der Waals surface area contributed by atoms with Gasteiger partial charge in [0.2, 0.25) is 0 Å². The fraction of sp³-hybridized carbons (Fsp3) is 0.350. The van der Waals surface area contributed by atoms with Crippen molar-refractivity contribution in [2.24, 2.45) is 0 Å². The minimum atomic E-state index is -0.454. The number of nitrogens with zero attached hydrogens (tertiary/aromatic N) is 1. The number of benzene rings is 2. The van der Waals surface area contributed by atoms with Crippen molar-refractivity contribution in [3.63, 3.8) is 0 Å². The van der Waals surface area contributed by atoms with Crippen molar-refractivity contribution < 1.29 is 9.53 Å². The summed E-state index contributed by atoms with van der Waals surface area (Å²) in [4.78, 5) is 15.0. The zero-order valence-electron chi connectivity index (χ0n) is 14.0. The Bertz CT molecular complexity index is 710. The molecule has 23 heavy (non-hydrogen) atoms. The van der Waals surface area contributed by atoms with Crippen LogP contribution in [0.1, 0.15) is 31.4 Å². The number of para-hydroxylation sites is 2. The zero-order chi connectivity index (χ0) is 16.4. The summed E-state index contributed by atoms with van der Waals surface area (Å²) in [5.74, 6) is 0.834. The van der Waals surface area contributed by atoms with Crippen LogP contribution in [-0.4, -0.2) is 18.1 Å². The molecule has 120 valence electrons. The van der Waals surface area contributed by atoms with Gasteiger partial charge in [-0.2, -0.15) is 0 Å². The largest absolute Gasteiger partial charge is 0.480 e. The number of anilines is 1. The number of fused-ring (bicyclic) bond motifs is 1.